The maximum Gasteiger partial charge on any atom is 0.246 e. The smallest absolute Gasteiger partial charge is 0.246 e. The Balaban J connectivity index is 1.42. The fourth-order valence-corrected chi connectivity index (χ4v) is 5.30. The molecule has 2 fully saturated rings. The standard InChI is InChI=1S/C28H38N4O2/c1-4-5-16-32-26(33)25(19-21(2)3)30-27(34)28(32)13-17-31(18-14-28)20-22-9-11-23(12-10-22)24-8-6-7-15-29-24/h6-12,15,21,25H,4-5,13-14,16-20H2,1-3H3,(H,30,34). The van der Waals surface area contributed by atoms with Crippen LogP contribution in [0.25, 0.3) is 11.3 Å². The van der Waals surface area contributed by atoms with Gasteiger partial charge in [0.1, 0.15) is 11.6 Å². The van der Waals surface area contributed by atoms with Gasteiger partial charge < -0.3 is 10.2 Å². The van der Waals surface area contributed by atoms with E-state index in [1.54, 1.807) is 0 Å². The number of aromatic nitrogens is 1. The molecule has 0 aliphatic carbocycles. The van der Waals surface area contributed by atoms with Crippen LogP contribution in [0.15, 0.2) is 48.7 Å². The van der Waals surface area contributed by atoms with E-state index in [2.05, 4.69) is 60.2 Å². The van der Waals surface area contributed by atoms with Gasteiger partial charge in [0.2, 0.25) is 11.8 Å². The average molecular weight is 463 g/mol. The first-order valence-corrected chi connectivity index (χ1v) is 12.8. The summed E-state index contributed by atoms with van der Waals surface area (Å²) in [7, 11) is 0. The molecule has 2 aromatic rings. The van der Waals surface area contributed by atoms with Crippen LogP contribution >= 0.6 is 0 Å². The summed E-state index contributed by atoms with van der Waals surface area (Å²) in [4.78, 5) is 35.6. The van der Waals surface area contributed by atoms with Crippen LogP contribution in [0.2, 0.25) is 0 Å². The molecular weight excluding hydrogens is 424 g/mol. The van der Waals surface area contributed by atoms with Crippen molar-refractivity contribution in [3.63, 3.8) is 0 Å². The van der Waals surface area contributed by atoms with Crippen LogP contribution in [0.5, 0.6) is 0 Å². The number of hydrogen-bond donors (Lipinski definition) is 1. The molecule has 3 heterocycles. The van der Waals surface area contributed by atoms with Gasteiger partial charge in [0, 0.05) is 37.9 Å². The molecule has 0 bridgehead atoms. The highest BCUT2D eigenvalue weighted by molar-refractivity contribution is 6.00. The minimum Gasteiger partial charge on any atom is -0.342 e. The third-order valence-electron chi connectivity index (χ3n) is 7.26. The lowest BCUT2D eigenvalue weighted by Gasteiger charge is -2.52. The van der Waals surface area contributed by atoms with Gasteiger partial charge in [0.15, 0.2) is 0 Å². The zero-order valence-corrected chi connectivity index (χ0v) is 20.8. The second-order valence-corrected chi connectivity index (χ2v) is 10.2. The third kappa shape index (κ3) is 5.17. The predicted octanol–water partition coefficient (Wildman–Crippen LogP) is 4.26. The Bertz CT molecular complexity index is 966. The maximum atomic E-state index is 13.4. The second kappa shape index (κ2) is 10.7. The number of nitrogens with zero attached hydrogens (tertiary/aromatic N) is 3. The Morgan fingerprint density at radius 2 is 1.82 bits per heavy atom. The Morgan fingerprint density at radius 1 is 1.09 bits per heavy atom. The number of hydrogen-bond acceptors (Lipinski definition) is 4. The molecule has 1 aromatic heterocycles. The van der Waals surface area contributed by atoms with Crippen molar-refractivity contribution in [3.8, 4) is 11.3 Å². The summed E-state index contributed by atoms with van der Waals surface area (Å²) >= 11 is 0. The van der Waals surface area contributed by atoms with Gasteiger partial charge in [0.05, 0.1) is 5.69 Å². The molecular formula is C28H38N4O2. The minimum absolute atomic E-state index is 0.0493. The quantitative estimate of drug-likeness (QED) is 0.637. The summed E-state index contributed by atoms with van der Waals surface area (Å²) in [5.74, 6) is 0.524. The SMILES string of the molecule is CCCCN1C(=O)C(CC(C)C)NC(=O)C12CCN(Cc1ccc(-c3ccccn3)cc1)CC2. The number of nitrogens with one attached hydrogen (secondary N) is 1. The minimum atomic E-state index is -0.695. The van der Waals surface area contributed by atoms with Crippen LogP contribution in [-0.2, 0) is 16.1 Å². The Morgan fingerprint density at radius 3 is 2.44 bits per heavy atom. The van der Waals surface area contributed by atoms with E-state index in [1.165, 1.54) is 5.56 Å². The highest BCUT2D eigenvalue weighted by Gasteiger charge is 2.53. The van der Waals surface area contributed by atoms with E-state index in [1.807, 2.05) is 29.3 Å². The van der Waals surface area contributed by atoms with Gasteiger partial charge in [-0.25, -0.2) is 0 Å². The van der Waals surface area contributed by atoms with E-state index in [9.17, 15) is 9.59 Å². The zero-order valence-electron chi connectivity index (χ0n) is 20.8. The molecule has 4 rings (SSSR count). The van der Waals surface area contributed by atoms with Crippen LogP contribution in [0.3, 0.4) is 0 Å². The summed E-state index contributed by atoms with van der Waals surface area (Å²) < 4.78 is 0. The van der Waals surface area contributed by atoms with E-state index < -0.39 is 5.54 Å². The number of carbonyl (C=O) groups excluding carboxylic acids is 2. The molecule has 6 heteroatoms. The Labute approximate surface area is 203 Å². The first-order chi connectivity index (χ1) is 16.4. The van der Waals surface area contributed by atoms with Gasteiger partial charge in [-0.05, 0) is 49.3 Å². The van der Waals surface area contributed by atoms with Crippen molar-refractivity contribution in [1.29, 1.82) is 0 Å². The number of rotatable bonds is 8. The van der Waals surface area contributed by atoms with E-state index in [0.717, 1.165) is 43.7 Å². The molecule has 2 aliphatic rings. The van der Waals surface area contributed by atoms with Crippen LogP contribution < -0.4 is 5.32 Å². The van der Waals surface area contributed by atoms with Crippen LogP contribution in [-0.4, -0.2) is 57.8 Å². The van der Waals surface area contributed by atoms with Crippen LogP contribution in [0.4, 0.5) is 0 Å². The fraction of sp³-hybridized carbons (Fsp3) is 0.536. The summed E-state index contributed by atoms with van der Waals surface area (Å²) in [6.07, 6.45) is 5.83. The van der Waals surface area contributed by atoms with Crippen molar-refractivity contribution in [2.75, 3.05) is 19.6 Å². The number of pyridine rings is 1. The van der Waals surface area contributed by atoms with Gasteiger partial charge in [-0.15, -0.1) is 0 Å². The van der Waals surface area contributed by atoms with Crippen molar-refractivity contribution in [2.24, 2.45) is 5.92 Å². The fourth-order valence-electron chi connectivity index (χ4n) is 5.30. The number of unbranched alkanes of at least 4 members (excludes halogenated alkanes) is 1. The molecule has 2 aliphatic heterocycles. The molecule has 1 aromatic carbocycles. The third-order valence-corrected chi connectivity index (χ3v) is 7.26. The molecule has 2 saturated heterocycles. The first-order valence-electron chi connectivity index (χ1n) is 12.8. The number of benzene rings is 1. The second-order valence-electron chi connectivity index (χ2n) is 10.2. The normalized spacial score (nSPS) is 20.7. The van der Waals surface area contributed by atoms with Crippen LogP contribution in [0, 0.1) is 5.92 Å². The van der Waals surface area contributed by atoms with Gasteiger partial charge in [-0.2, -0.15) is 0 Å². The lowest BCUT2D eigenvalue weighted by Crippen LogP contribution is -2.73. The molecule has 1 spiro atoms. The van der Waals surface area contributed by atoms with Crippen molar-refractivity contribution < 1.29 is 9.59 Å². The topological polar surface area (TPSA) is 65.5 Å². The van der Waals surface area contributed by atoms with Gasteiger partial charge >= 0.3 is 0 Å². The monoisotopic (exact) mass is 462 g/mol. The highest BCUT2D eigenvalue weighted by Crippen LogP contribution is 2.34. The highest BCUT2D eigenvalue weighted by atomic mass is 16.2. The van der Waals surface area contributed by atoms with Gasteiger partial charge in [-0.3, -0.25) is 19.5 Å². The Kier molecular flexibility index (Phi) is 7.67. The number of piperidine rings is 1. The van der Waals surface area contributed by atoms with Gasteiger partial charge in [0.25, 0.3) is 0 Å². The van der Waals surface area contributed by atoms with E-state index in [0.29, 0.717) is 31.7 Å². The first kappa shape index (κ1) is 24.4. The van der Waals surface area contributed by atoms with Crippen molar-refractivity contribution in [3.05, 3.63) is 54.2 Å². The molecule has 0 radical (unpaired) electrons. The number of likely N-dealkylation sites (tertiary alicyclic amines) is 1. The van der Waals surface area contributed by atoms with E-state index in [4.69, 9.17) is 0 Å². The van der Waals surface area contributed by atoms with Crippen molar-refractivity contribution in [2.45, 2.75) is 71.0 Å². The van der Waals surface area contributed by atoms with E-state index in [-0.39, 0.29) is 17.9 Å². The molecule has 34 heavy (non-hydrogen) atoms. The number of piperazine rings is 1. The maximum absolute atomic E-state index is 13.4. The lowest BCUT2D eigenvalue weighted by molar-refractivity contribution is -0.161. The van der Waals surface area contributed by atoms with E-state index >= 15 is 0 Å². The van der Waals surface area contributed by atoms with Crippen LogP contribution in [0.1, 0.15) is 58.4 Å². The summed E-state index contributed by atoms with van der Waals surface area (Å²) in [5, 5.41) is 3.10. The van der Waals surface area contributed by atoms with Crippen molar-refractivity contribution in [1.82, 2.24) is 20.1 Å². The molecule has 1 unspecified atom stereocenters. The molecule has 182 valence electrons. The molecule has 2 amide bonds. The van der Waals surface area contributed by atoms with Crippen molar-refractivity contribution >= 4 is 11.8 Å². The summed E-state index contributed by atoms with van der Waals surface area (Å²) in [5.41, 5.74) is 2.64. The lowest BCUT2D eigenvalue weighted by atomic mass is 9.80. The average Bonchev–Trinajstić information content (AvgIpc) is 2.84. The molecule has 1 N–H and O–H groups in total. The van der Waals surface area contributed by atoms with Gasteiger partial charge in [-0.1, -0.05) is 57.5 Å². The number of amides is 2. The summed E-state index contributed by atoms with van der Waals surface area (Å²) in [6, 6.07) is 14.1. The molecule has 0 saturated carbocycles. The number of carbonyl (C=O) groups is 2. The summed E-state index contributed by atoms with van der Waals surface area (Å²) in [6.45, 7) is 9.46. The molecule has 1 atom stereocenters. The zero-order chi connectivity index (χ0) is 24.1. The Hall–Kier alpha value is -2.73. The largest absolute Gasteiger partial charge is 0.342 e. The molecule has 6 nitrogen and oxygen atoms in total. The predicted molar refractivity (Wildman–Crippen MR) is 135 cm³/mol.